The molecule has 0 fully saturated rings. The lowest BCUT2D eigenvalue weighted by Gasteiger charge is -2.16. The molecule has 0 heterocycles. The number of amides is 1. The topological polar surface area (TPSA) is 81.4 Å². The SMILES string of the molecule is CN(CCCC(=O)O)C(=O)c1ccc(CC#N)cc1. The van der Waals surface area contributed by atoms with Crippen molar-refractivity contribution in [3.05, 3.63) is 35.4 Å². The second-order valence-corrected chi connectivity index (χ2v) is 4.26. The summed E-state index contributed by atoms with van der Waals surface area (Å²) in [5.74, 6) is -1.00. The Morgan fingerprint density at radius 1 is 1.32 bits per heavy atom. The summed E-state index contributed by atoms with van der Waals surface area (Å²) in [7, 11) is 1.65. The maximum Gasteiger partial charge on any atom is 0.303 e. The van der Waals surface area contributed by atoms with E-state index in [0.717, 1.165) is 5.56 Å². The average molecular weight is 260 g/mol. The molecule has 1 aromatic rings. The van der Waals surface area contributed by atoms with E-state index in [9.17, 15) is 9.59 Å². The smallest absolute Gasteiger partial charge is 0.303 e. The standard InChI is InChI=1S/C14H16N2O3/c1-16(10-2-3-13(17)18)14(19)12-6-4-11(5-7-12)8-9-15/h4-7H,2-3,8,10H2,1H3,(H,17,18). The maximum absolute atomic E-state index is 12.0. The van der Waals surface area contributed by atoms with Crippen LogP contribution in [-0.2, 0) is 11.2 Å². The van der Waals surface area contributed by atoms with Crippen molar-refractivity contribution in [2.75, 3.05) is 13.6 Å². The molecule has 0 atom stereocenters. The Bertz CT molecular complexity index is 488. The molecule has 0 aliphatic heterocycles. The molecule has 5 heteroatoms. The Labute approximate surface area is 112 Å². The second kappa shape index (κ2) is 7.17. The summed E-state index contributed by atoms with van der Waals surface area (Å²) < 4.78 is 0. The van der Waals surface area contributed by atoms with Crippen molar-refractivity contribution in [1.29, 1.82) is 5.26 Å². The van der Waals surface area contributed by atoms with Gasteiger partial charge in [0.05, 0.1) is 12.5 Å². The number of carbonyl (C=O) groups excluding carboxylic acids is 1. The van der Waals surface area contributed by atoms with Gasteiger partial charge in [-0.3, -0.25) is 9.59 Å². The van der Waals surface area contributed by atoms with Gasteiger partial charge in [0, 0.05) is 25.6 Å². The molecule has 1 aromatic carbocycles. The molecule has 1 amide bonds. The number of carbonyl (C=O) groups is 2. The molecule has 1 N–H and O–H groups in total. The normalized spacial score (nSPS) is 9.68. The van der Waals surface area contributed by atoms with E-state index >= 15 is 0 Å². The molecule has 100 valence electrons. The molecule has 0 saturated heterocycles. The largest absolute Gasteiger partial charge is 0.481 e. The minimum Gasteiger partial charge on any atom is -0.481 e. The monoisotopic (exact) mass is 260 g/mol. The number of carboxylic acid groups (broad SMARTS) is 1. The number of hydrogen-bond acceptors (Lipinski definition) is 3. The van der Waals surface area contributed by atoms with Crippen LogP contribution in [-0.4, -0.2) is 35.5 Å². The van der Waals surface area contributed by atoms with Crippen molar-refractivity contribution in [2.45, 2.75) is 19.3 Å². The van der Waals surface area contributed by atoms with Crippen LogP contribution < -0.4 is 0 Å². The summed E-state index contributed by atoms with van der Waals surface area (Å²) in [5.41, 5.74) is 1.41. The predicted octanol–water partition coefficient (Wildman–Crippen LogP) is 1.69. The molecule has 0 radical (unpaired) electrons. The van der Waals surface area contributed by atoms with Gasteiger partial charge < -0.3 is 10.0 Å². The number of hydrogen-bond donors (Lipinski definition) is 1. The van der Waals surface area contributed by atoms with E-state index in [-0.39, 0.29) is 12.3 Å². The fourth-order valence-corrected chi connectivity index (χ4v) is 1.65. The molecule has 0 aromatic heterocycles. The summed E-state index contributed by atoms with van der Waals surface area (Å²) in [6.07, 6.45) is 0.811. The molecule has 0 spiro atoms. The van der Waals surface area contributed by atoms with Crippen LogP contribution >= 0.6 is 0 Å². The number of nitriles is 1. The van der Waals surface area contributed by atoms with Crippen molar-refractivity contribution in [2.24, 2.45) is 0 Å². The van der Waals surface area contributed by atoms with Gasteiger partial charge in [-0.15, -0.1) is 0 Å². The average Bonchev–Trinajstić information content (AvgIpc) is 2.38. The molecule has 0 aliphatic carbocycles. The first-order valence-electron chi connectivity index (χ1n) is 5.97. The van der Waals surface area contributed by atoms with Crippen molar-refractivity contribution in [3.63, 3.8) is 0 Å². The lowest BCUT2D eigenvalue weighted by Crippen LogP contribution is -2.28. The van der Waals surface area contributed by atoms with E-state index in [2.05, 4.69) is 0 Å². The second-order valence-electron chi connectivity index (χ2n) is 4.26. The predicted molar refractivity (Wildman–Crippen MR) is 69.6 cm³/mol. The minimum atomic E-state index is -0.860. The third-order valence-electron chi connectivity index (χ3n) is 2.71. The quantitative estimate of drug-likeness (QED) is 0.843. The van der Waals surface area contributed by atoms with Gasteiger partial charge in [-0.2, -0.15) is 5.26 Å². The first-order valence-corrected chi connectivity index (χ1v) is 5.97. The van der Waals surface area contributed by atoms with E-state index in [4.69, 9.17) is 10.4 Å². The van der Waals surface area contributed by atoms with E-state index in [0.29, 0.717) is 24.9 Å². The van der Waals surface area contributed by atoms with Gasteiger partial charge >= 0.3 is 5.97 Å². The van der Waals surface area contributed by atoms with Crippen LogP contribution in [0.1, 0.15) is 28.8 Å². The molecule has 0 bridgehead atoms. The van der Waals surface area contributed by atoms with Gasteiger partial charge in [-0.1, -0.05) is 12.1 Å². The fraction of sp³-hybridized carbons (Fsp3) is 0.357. The van der Waals surface area contributed by atoms with Gasteiger partial charge in [0.25, 0.3) is 5.91 Å². The number of benzene rings is 1. The highest BCUT2D eigenvalue weighted by molar-refractivity contribution is 5.94. The van der Waals surface area contributed by atoms with Crippen LogP contribution in [0.2, 0.25) is 0 Å². The summed E-state index contributed by atoms with van der Waals surface area (Å²) in [4.78, 5) is 23.9. The highest BCUT2D eigenvalue weighted by Crippen LogP contribution is 2.08. The van der Waals surface area contributed by atoms with Crippen LogP contribution in [0.3, 0.4) is 0 Å². The zero-order valence-corrected chi connectivity index (χ0v) is 10.8. The van der Waals surface area contributed by atoms with Gasteiger partial charge in [0.15, 0.2) is 0 Å². The summed E-state index contributed by atoms with van der Waals surface area (Å²) in [6, 6.07) is 8.91. The Morgan fingerprint density at radius 2 is 1.95 bits per heavy atom. The van der Waals surface area contributed by atoms with E-state index in [1.54, 1.807) is 31.3 Å². The molecule has 0 unspecified atom stereocenters. The van der Waals surface area contributed by atoms with Crippen LogP contribution in [0.5, 0.6) is 0 Å². The summed E-state index contributed by atoms with van der Waals surface area (Å²) in [5, 5.41) is 17.1. The van der Waals surface area contributed by atoms with Crippen LogP contribution in [0, 0.1) is 11.3 Å². The molecular weight excluding hydrogens is 244 g/mol. The molecule has 19 heavy (non-hydrogen) atoms. The molecule has 0 aliphatic rings. The Balaban J connectivity index is 2.56. The Hall–Kier alpha value is -2.35. The molecular formula is C14H16N2O3. The number of aliphatic carboxylic acids is 1. The number of rotatable bonds is 6. The van der Waals surface area contributed by atoms with Crippen molar-refractivity contribution < 1.29 is 14.7 Å². The zero-order valence-electron chi connectivity index (χ0n) is 10.8. The third-order valence-corrected chi connectivity index (χ3v) is 2.71. The summed E-state index contributed by atoms with van der Waals surface area (Å²) in [6.45, 7) is 0.408. The van der Waals surface area contributed by atoms with Gasteiger partial charge in [0.1, 0.15) is 0 Å². The highest BCUT2D eigenvalue weighted by atomic mass is 16.4. The molecule has 0 saturated carbocycles. The first-order chi connectivity index (χ1) is 9.04. The van der Waals surface area contributed by atoms with Crippen LogP contribution in [0.4, 0.5) is 0 Å². The molecule has 1 rings (SSSR count). The third kappa shape index (κ3) is 4.80. The van der Waals surface area contributed by atoms with E-state index < -0.39 is 5.97 Å². The first kappa shape index (κ1) is 14.7. The Kier molecular flexibility index (Phi) is 5.55. The minimum absolute atomic E-state index is 0.0543. The summed E-state index contributed by atoms with van der Waals surface area (Å²) >= 11 is 0. The maximum atomic E-state index is 12.0. The zero-order chi connectivity index (χ0) is 14.3. The lowest BCUT2D eigenvalue weighted by molar-refractivity contribution is -0.137. The van der Waals surface area contributed by atoms with Gasteiger partial charge in [-0.05, 0) is 24.1 Å². The lowest BCUT2D eigenvalue weighted by atomic mass is 10.1. The van der Waals surface area contributed by atoms with Crippen molar-refractivity contribution >= 4 is 11.9 Å². The Morgan fingerprint density at radius 3 is 2.47 bits per heavy atom. The van der Waals surface area contributed by atoms with E-state index in [1.165, 1.54) is 4.90 Å². The van der Waals surface area contributed by atoms with Crippen LogP contribution in [0.25, 0.3) is 0 Å². The van der Waals surface area contributed by atoms with Crippen LogP contribution in [0.15, 0.2) is 24.3 Å². The number of carboxylic acids is 1. The highest BCUT2D eigenvalue weighted by Gasteiger charge is 2.11. The van der Waals surface area contributed by atoms with Crippen molar-refractivity contribution in [1.82, 2.24) is 4.90 Å². The van der Waals surface area contributed by atoms with Gasteiger partial charge in [0.2, 0.25) is 0 Å². The molecule has 5 nitrogen and oxygen atoms in total. The van der Waals surface area contributed by atoms with E-state index in [1.807, 2.05) is 6.07 Å². The number of nitrogens with zero attached hydrogens (tertiary/aromatic N) is 2. The fourth-order valence-electron chi connectivity index (χ4n) is 1.65. The van der Waals surface area contributed by atoms with Crippen molar-refractivity contribution in [3.8, 4) is 6.07 Å². The van der Waals surface area contributed by atoms with Gasteiger partial charge in [-0.25, -0.2) is 0 Å².